The molecule has 0 bridgehead atoms. The first-order chi connectivity index (χ1) is 8.29. The Labute approximate surface area is 108 Å². The van der Waals surface area contributed by atoms with E-state index in [1.807, 2.05) is 24.3 Å². The summed E-state index contributed by atoms with van der Waals surface area (Å²) >= 11 is 7.59. The van der Waals surface area contributed by atoms with Crippen molar-refractivity contribution in [2.75, 3.05) is 5.32 Å². The summed E-state index contributed by atoms with van der Waals surface area (Å²) in [6.07, 6.45) is 2.36. The molecule has 1 aromatic heterocycles. The van der Waals surface area contributed by atoms with Gasteiger partial charge in [-0.2, -0.15) is 0 Å². The van der Waals surface area contributed by atoms with Crippen LogP contribution in [-0.2, 0) is 4.79 Å². The minimum absolute atomic E-state index is 0.590. The van der Waals surface area contributed by atoms with Gasteiger partial charge in [-0.25, -0.2) is 4.98 Å². The van der Waals surface area contributed by atoms with Crippen LogP contribution in [0.25, 0.3) is 0 Å². The monoisotopic (exact) mass is 264 g/mol. The summed E-state index contributed by atoms with van der Waals surface area (Å²) < 4.78 is 0. The maximum Gasteiger partial charge on any atom is 0.211 e. The Hall–Kier alpha value is -1.52. The Morgan fingerprint density at radius 3 is 2.82 bits per heavy atom. The molecule has 0 aliphatic carbocycles. The molecule has 0 unspecified atom stereocenters. The highest BCUT2D eigenvalue weighted by Gasteiger charge is 2.04. The molecule has 2 aromatic rings. The Morgan fingerprint density at radius 2 is 2.18 bits per heavy atom. The zero-order chi connectivity index (χ0) is 12.1. The molecule has 1 N–H and O–H groups in total. The molecule has 0 atom stereocenters. The number of carbonyl (C=O) groups excluding carboxylic acids is 1. The average molecular weight is 265 g/mol. The fourth-order valence-electron chi connectivity index (χ4n) is 1.26. The molecule has 1 amide bonds. The highest BCUT2D eigenvalue weighted by molar-refractivity contribution is 7.99. The van der Waals surface area contributed by atoms with Crippen LogP contribution in [0.5, 0.6) is 0 Å². The van der Waals surface area contributed by atoms with Crippen LogP contribution in [0.3, 0.4) is 0 Å². The van der Waals surface area contributed by atoms with Crippen molar-refractivity contribution in [3.05, 3.63) is 47.6 Å². The molecule has 5 heteroatoms. The third-order valence-electron chi connectivity index (χ3n) is 2.01. The van der Waals surface area contributed by atoms with Crippen molar-refractivity contribution in [3.8, 4) is 0 Å². The largest absolute Gasteiger partial charge is 0.329 e. The number of aromatic nitrogens is 1. The third-order valence-corrected chi connectivity index (χ3v) is 3.46. The summed E-state index contributed by atoms with van der Waals surface area (Å²) in [5, 5.41) is 4.02. The van der Waals surface area contributed by atoms with Crippen LogP contribution >= 0.6 is 23.4 Å². The van der Waals surface area contributed by atoms with Crippen molar-refractivity contribution in [2.45, 2.75) is 9.92 Å². The predicted octanol–water partition coefficient (Wildman–Crippen LogP) is 3.45. The van der Waals surface area contributed by atoms with Crippen molar-refractivity contribution in [2.24, 2.45) is 0 Å². The number of pyridine rings is 1. The molecule has 3 nitrogen and oxygen atoms in total. The second-order valence-corrected chi connectivity index (χ2v) is 4.65. The van der Waals surface area contributed by atoms with Gasteiger partial charge >= 0.3 is 0 Å². The maximum atomic E-state index is 10.3. The van der Waals surface area contributed by atoms with E-state index in [9.17, 15) is 4.79 Å². The summed E-state index contributed by atoms with van der Waals surface area (Å²) in [7, 11) is 0. The highest BCUT2D eigenvalue weighted by atomic mass is 35.5. The van der Waals surface area contributed by atoms with Crippen LogP contribution in [0, 0.1) is 0 Å². The molecule has 0 spiro atoms. The number of rotatable bonds is 4. The Kier molecular flexibility index (Phi) is 4.01. The molecule has 0 saturated carbocycles. The minimum atomic E-state index is 0.590. The number of hydrogen-bond acceptors (Lipinski definition) is 3. The molecular formula is C12H9ClN2OS. The number of benzene rings is 1. The number of carbonyl (C=O) groups is 1. The molecular weight excluding hydrogens is 256 g/mol. The summed E-state index contributed by atoms with van der Waals surface area (Å²) in [6.45, 7) is 0. The standard InChI is InChI=1S/C12H9ClN2OS/c13-10-7-9(15-8-16)4-5-11(10)17-12-3-1-2-6-14-12/h1-8H,(H,15,16). The van der Waals surface area contributed by atoms with Gasteiger partial charge in [0.2, 0.25) is 6.41 Å². The smallest absolute Gasteiger partial charge is 0.211 e. The first kappa shape index (κ1) is 12.0. The Bertz CT molecular complexity index is 519. The van der Waals surface area contributed by atoms with Gasteiger partial charge in [-0.05, 0) is 30.3 Å². The van der Waals surface area contributed by atoms with E-state index in [1.54, 1.807) is 18.3 Å². The first-order valence-corrected chi connectivity index (χ1v) is 6.07. The van der Waals surface area contributed by atoms with E-state index in [0.29, 0.717) is 17.1 Å². The molecule has 1 aromatic carbocycles. The average Bonchev–Trinajstić information content (AvgIpc) is 2.34. The van der Waals surface area contributed by atoms with Crippen molar-refractivity contribution in [1.29, 1.82) is 0 Å². The van der Waals surface area contributed by atoms with Gasteiger partial charge in [0.1, 0.15) is 5.03 Å². The van der Waals surface area contributed by atoms with E-state index in [0.717, 1.165) is 9.92 Å². The zero-order valence-electron chi connectivity index (χ0n) is 8.76. The zero-order valence-corrected chi connectivity index (χ0v) is 10.3. The van der Waals surface area contributed by atoms with Gasteiger partial charge in [0.05, 0.1) is 5.02 Å². The summed E-state index contributed by atoms with van der Waals surface area (Å²) in [4.78, 5) is 15.4. The number of amides is 1. The van der Waals surface area contributed by atoms with E-state index in [2.05, 4.69) is 10.3 Å². The third kappa shape index (κ3) is 3.22. The second kappa shape index (κ2) is 5.70. The fourth-order valence-corrected chi connectivity index (χ4v) is 2.34. The van der Waals surface area contributed by atoms with Crippen molar-refractivity contribution in [1.82, 2.24) is 4.98 Å². The number of nitrogens with zero attached hydrogens (tertiary/aromatic N) is 1. The van der Waals surface area contributed by atoms with Gasteiger partial charge in [-0.15, -0.1) is 0 Å². The van der Waals surface area contributed by atoms with Crippen LogP contribution < -0.4 is 5.32 Å². The van der Waals surface area contributed by atoms with Gasteiger partial charge in [-0.3, -0.25) is 4.79 Å². The van der Waals surface area contributed by atoms with Gasteiger partial charge in [0, 0.05) is 16.8 Å². The number of hydrogen-bond donors (Lipinski definition) is 1. The lowest BCUT2D eigenvalue weighted by atomic mass is 10.3. The van der Waals surface area contributed by atoms with Crippen LogP contribution in [0.1, 0.15) is 0 Å². The molecule has 1 heterocycles. The molecule has 86 valence electrons. The first-order valence-electron chi connectivity index (χ1n) is 4.88. The predicted molar refractivity (Wildman–Crippen MR) is 69.5 cm³/mol. The van der Waals surface area contributed by atoms with Crippen molar-refractivity contribution >= 4 is 35.5 Å². The quantitative estimate of drug-likeness (QED) is 0.860. The molecule has 0 aliphatic rings. The lowest BCUT2D eigenvalue weighted by Crippen LogP contribution is -1.93. The molecule has 0 aliphatic heterocycles. The lowest BCUT2D eigenvalue weighted by molar-refractivity contribution is -0.105. The Balaban J connectivity index is 2.19. The van der Waals surface area contributed by atoms with Crippen molar-refractivity contribution in [3.63, 3.8) is 0 Å². The van der Waals surface area contributed by atoms with Gasteiger partial charge in [-0.1, -0.05) is 29.4 Å². The molecule has 2 rings (SSSR count). The van der Waals surface area contributed by atoms with Crippen LogP contribution in [0.4, 0.5) is 5.69 Å². The number of halogens is 1. The minimum Gasteiger partial charge on any atom is -0.329 e. The molecule has 0 saturated heterocycles. The van der Waals surface area contributed by atoms with Gasteiger partial charge < -0.3 is 5.32 Å². The normalized spacial score (nSPS) is 9.94. The maximum absolute atomic E-state index is 10.3. The van der Waals surface area contributed by atoms with Gasteiger partial charge in [0.15, 0.2) is 0 Å². The van der Waals surface area contributed by atoms with Crippen LogP contribution in [0.15, 0.2) is 52.5 Å². The molecule has 0 fully saturated rings. The van der Waals surface area contributed by atoms with E-state index >= 15 is 0 Å². The summed E-state index contributed by atoms with van der Waals surface area (Å²) in [5.41, 5.74) is 0.676. The molecule has 17 heavy (non-hydrogen) atoms. The van der Waals surface area contributed by atoms with E-state index in [-0.39, 0.29) is 0 Å². The lowest BCUT2D eigenvalue weighted by Gasteiger charge is -2.05. The van der Waals surface area contributed by atoms with Crippen molar-refractivity contribution < 1.29 is 4.79 Å². The second-order valence-electron chi connectivity index (χ2n) is 3.18. The molecule has 0 radical (unpaired) electrons. The van der Waals surface area contributed by atoms with Crippen LogP contribution in [0.2, 0.25) is 5.02 Å². The van der Waals surface area contributed by atoms with E-state index < -0.39 is 0 Å². The fraction of sp³-hybridized carbons (Fsp3) is 0. The highest BCUT2D eigenvalue weighted by Crippen LogP contribution is 2.33. The summed E-state index contributed by atoms with van der Waals surface area (Å²) in [5.74, 6) is 0. The Morgan fingerprint density at radius 1 is 1.29 bits per heavy atom. The topological polar surface area (TPSA) is 42.0 Å². The van der Waals surface area contributed by atoms with Gasteiger partial charge in [0.25, 0.3) is 0 Å². The summed E-state index contributed by atoms with van der Waals surface area (Å²) in [6, 6.07) is 11.1. The number of nitrogens with one attached hydrogen (secondary N) is 1. The SMILES string of the molecule is O=CNc1ccc(Sc2ccccn2)c(Cl)c1. The van der Waals surface area contributed by atoms with E-state index in [4.69, 9.17) is 11.6 Å². The van der Waals surface area contributed by atoms with Crippen LogP contribution in [-0.4, -0.2) is 11.4 Å². The number of anilines is 1. The van der Waals surface area contributed by atoms with E-state index in [1.165, 1.54) is 11.8 Å².